The minimum atomic E-state index is -3.15. The van der Waals surface area contributed by atoms with Gasteiger partial charge in [-0.05, 0) is 6.92 Å². The fourth-order valence-electron chi connectivity index (χ4n) is 3.88. The van der Waals surface area contributed by atoms with Crippen LogP contribution in [0.1, 0.15) is 6.92 Å². The van der Waals surface area contributed by atoms with Crippen molar-refractivity contribution in [3.63, 3.8) is 0 Å². The lowest BCUT2D eigenvalue weighted by atomic mass is 10.1. The molecule has 33 heavy (non-hydrogen) atoms. The molecular formula is C19H21F4N7O3. The van der Waals surface area contributed by atoms with E-state index >= 15 is 0 Å². The molecule has 0 unspecified atom stereocenters. The second kappa shape index (κ2) is 8.84. The van der Waals surface area contributed by atoms with Crippen LogP contribution in [0.5, 0.6) is 0 Å². The van der Waals surface area contributed by atoms with Gasteiger partial charge in [-0.15, -0.1) is 5.10 Å². The van der Waals surface area contributed by atoms with Crippen LogP contribution in [0.25, 0.3) is 0 Å². The number of cyclic esters (lactones) is 1. The molecule has 0 spiro atoms. The first-order valence-corrected chi connectivity index (χ1v) is 10.1. The van der Waals surface area contributed by atoms with Crippen LogP contribution in [0.4, 0.5) is 33.7 Å². The molecule has 1 aromatic carbocycles. The maximum atomic E-state index is 15.0. The van der Waals surface area contributed by atoms with E-state index in [1.165, 1.54) is 10.9 Å². The van der Waals surface area contributed by atoms with Crippen LogP contribution in [-0.4, -0.2) is 76.6 Å². The number of nitrogens with one attached hydrogen (secondary N) is 1. The molecule has 0 saturated carbocycles. The fourth-order valence-corrected chi connectivity index (χ4v) is 3.88. The highest BCUT2D eigenvalue weighted by atomic mass is 19.3. The molecule has 0 aliphatic carbocycles. The molecule has 2 amide bonds. The Balaban J connectivity index is 1.50. The number of nitrogens with zero attached hydrogens (tertiary/aromatic N) is 6. The van der Waals surface area contributed by atoms with E-state index in [0.29, 0.717) is 0 Å². The van der Waals surface area contributed by atoms with Crippen molar-refractivity contribution in [2.75, 3.05) is 42.6 Å². The monoisotopic (exact) mass is 471 g/mol. The van der Waals surface area contributed by atoms with E-state index in [2.05, 4.69) is 15.7 Å². The summed E-state index contributed by atoms with van der Waals surface area (Å²) in [7, 11) is 0. The number of aromatic nitrogens is 3. The van der Waals surface area contributed by atoms with E-state index < -0.39 is 41.3 Å². The molecule has 10 nitrogen and oxygen atoms in total. The zero-order valence-electron chi connectivity index (χ0n) is 17.5. The summed E-state index contributed by atoms with van der Waals surface area (Å²) >= 11 is 0. The van der Waals surface area contributed by atoms with Crippen molar-refractivity contribution >= 4 is 23.4 Å². The molecule has 4 rings (SSSR count). The molecule has 0 radical (unpaired) electrons. The van der Waals surface area contributed by atoms with Crippen LogP contribution >= 0.6 is 0 Å². The van der Waals surface area contributed by atoms with Crippen LogP contribution in [0, 0.1) is 11.6 Å². The lowest BCUT2D eigenvalue weighted by Crippen LogP contribution is -2.40. The van der Waals surface area contributed by atoms with Crippen LogP contribution in [0.3, 0.4) is 0 Å². The number of amides is 2. The van der Waals surface area contributed by atoms with E-state index in [-0.39, 0.29) is 45.0 Å². The average molecular weight is 471 g/mol. The van der Waals surface area contributed by atoms with E-state index in [4.69, 9.17) is 4.74 Å². The molecule has 178 valence electrons. The second-order valence-electron chi connectivity index (χ2n) is 7.95. The predicted octanol–water partition coefficient (Wildman–Crippen LogP) is 1.39. The normalized spacial score (nSPS) is 21.5. The molecule has 2 fully saturated rings. The second-order valence-corrected chi connectivity index (χ2v) is 7.95. The van der Waals surface area contributed by atoms with Gasteiger partial charge in [-0.2, -0.15) is 8.78 Å². The minimum absolute atomic E-state index is 0.0244. The van der Waals surface area contributed by atoms with Crippen molar-refractivity contribution in [1.29, 1.82) is 0 Å². The SMILES string of the molecule is C[C@]1(Cn2ccnn2)CN(c2cc(F)c(N3CCN(C(=O)C(F)F)CCN3)c(F)c2)C(=O)O1. The molecule has 1 N–H and O–H groups in total. The number of carbonyl (C=O) groups excluding carboxylic acids is 2. The van der Waals surface area contributed by atoms with Gasteiger partial charge < -0.3 is 14.6 Å². The number of hydrazine groups is 1. The van der Waals surface area contributed by atoms with Crippen LogP contribution < -0.4 is 15.3 Å². The lowest BCUT2D eigenvalue weighted by Gasteiger charge is -2.25. The lowest BCUT2D eigenvalue weighted by molar-refractivity contribution is -0.142. The van der Waals surface area contributed by atoms with Gasteiger partial charge in [0.15, 0.2) is 11.6 Å². The van der Waals surface area contributed by atoms with Crippen LogP contribution in [0.2, 0.25) is 0 Å². The van der Waals surface area contributed by atoms with Crippen molar-refractivity contribution in [2.45, 2.75) is 25.5 Å². The fraction of sp³-hybridized carbons (Fsp3) is 0.474. The van der Waals surface area contributed by atoms with Gasteiger partial charge in [0.2, 0.25) is 0 Å². The summed E-state index contributed by atoms with van der Waals surface area (Å²) in [5, 5.41) is 8.65. The van der Waals surface area contributed by atoms with E-state index in [1.807, 2.05) is 0 Å². The van der Waals surface area contributed by atoms with Gasteiger partial charge in [-0.25, -0.2) is 23.7 Å². The van der Waals surface area contributed by atoms with Gasteiger partial charge in [-0.3, -0.25) is 9.69 Å². The Morgan fingerprint density at radius 2 is 1.97 bits per heavy atom. The first-order chi connectivity index (χ1) is 15.7. The molecular weight excluding hydrogens is 450 g/mol. The molecule has 3 heterocycles. The minimum Gasteiger partial charge on any atom is -0.439 e. The van der Waals surface area contributed by atoms with Gasteiger partial charge in [0.1, 0.15) is 11.3 Å². The summed E-state index contributed by atoms with van der Waals surface area (Å²) in [5.74, 6) is -3.27. The number of halogens is 4. The summed E-state index contributed by atoms with van der Waals surface area (Å²) in [6.07, 6.45) is -0.848. The third kappa shape index (κ3) is 4.69. The first-order valence-electron chi connectivity index (χ1n) is 10.1. The van der Waals surface area contributed by atoms with E-state index in [1.54, 1.807) is 13.1 Å². The molecule has 2 aromatic rings. The van der Waals surface area contributed by atoms with E-state index in [9.17, 15) is 27.2 Å². The van der Waals surface area contributed by atoms with Crippen LogP contribution in [-0.2, 0) is 16.1 Å². The molecule has 2 aliphatic heterocycles. The van der Waals surface area contributed by atoms with Crippen molar-refractivity contribution in [3.05, 3.63) is 36.2 Å². The van der Waals surface area contributed by atoms with Crippen molar-refractivity contribution < 1.29 is 31.9 Å². The standard InChI is InChI=1S/C19H21F4N7O3/c1-19(10-28-5-2-24-26-28)11-29(18(32)33-19)12-8-13(20)15(14(21)9-12)30-7-6-27(4-3-25-30)17(31)16(22)23/h2,5,8-9,16,25H,3-4,6-7,10-11H2,1H3/t19-/m0/s1. The highest BCUT2D eigenvalue weighted by molar-refractivity contribution is 5.90. The average Bonchev–Trinajstić information content (AvgIpc) is 3.27. The highest BCUT2D eigenvalue weighted by Crippen LogP contribution is 2.33. The smallest absolute Gasteiger partial charge is 0.415 e. The zero-order valence-corrected chi connectivity index (χ0v) is 17.5. The Kier molecular flexibility index (Phi) is 6.10. The summed E-state index contributed by atoms with van der Waals surface area (Å²) in [6, 6.07) is 1.99. The van der Waals surface area contributed by atoms with Crippen molar-refractivity contribution in [3.8, 4) is 0 Å². The van der Waals surface area contributed by atoms with E-state index in [0.717, 1.165) is 26.9 Å². The van der Waals surface area contributed by atoms with Gasteiger partial charge in [0.05, 0.1) is 31.5 Å². The maximum Gasteiger partial charge on any atom is 0.415 e. The summed E-state index contributed by atoms with van der Waals surface area (Å²) in [5.41, 5.74) is 1.26. The highest BCUT2D eigenvalue weighted by Gasteiger charge is 2.43. The number of rotatable bonds is 5. The number of hydrogen-bond acceptors (Lipinski definition) is 7. The van der Waals surface area contributed by atoms with Gasteiger partial charge in [0, 0.05) is 38.0 Å². The molecule has 14 heteroatoms. The number of carbonyl (C=O) groups is 2. The molecule has 2 saturated heterocycles. The molecule has 0 bridgehead atoms. The number of ether oxygens (including phenoxy) is 1. The Labute approximate surface area is 185 Å². The van der Waals surface area contributed by atoms with Crippen molar-refractivity contribution in [2.24, 2.45) is 0 Å². The molecule has 1 atom stereocenters. The predicted molar refractivity (Wildman–Crippen MR) is 107 cm³/mol. The number of alkyl halides is 2. The quantitative estimate of drug-likeness (QED) is 0.659. The number of benzene rings is 1. The number of hydrogen-bond donors (Lipinski definition) is 1. The summed E-state index contributed by atoms with van der Waals surface area (Å²) < 4.78 is 62.2. The third-order valence-corrected chi connectivity index (χ3v) is 5.37. The zero-order chi connectivity index (χ0) is 23.8. The molecule has 1 aromatic heterocycles. The van der Waals surface area contributed by atoms with Gasteiger partial charge in [-0.1, -0.05) is 5.21 Å². The Hall–Kier alpha value is -3.42. The summed E-state index contributed by atoms with van der Waals surface area (Å²) in [6.45, 7) is 1.62. The number of anilines is 2. The largest absolute Gasteiger partial charge is 0.439 e. The van der Waals surface area contributed by atoms with Gasteiger partial charge >= 0.3 is 12.5 Å². The Morgan fingerprint density at radius 3 is 2.61 bits per heavy atom. The summed E-state index contributed by atoms with van der Waals surface area (Å²) in [4.78, 5) is 26.0. The Morgan fingerprint density at radius 1 is 1.24 bits per heavy atom. The molecule has 2 aliphatic rings. The van der Waals surface area contributed by atoms with Crippen LogP contribution in [0.15, 0.2) is 24.5 Å². The maximum absolute atomic E-state index is 15.0. The Bertz CT molecular complexity index is 1020. The van der Waals surface area contributed by atoms with Gasteiger partial charge in [0.25, 0.3) is 5.91 Å². The van der Waals surface area contributed by atoms with Crippen molar-refractivity contribution in [1.82, 2.24) is 25.3 Å². The topological polar surface area (TPSA) is 95.8 Å². The third-order valence-electron chi connectivity index (χ3n) is 5.37. The first kappa shape index (κ1) is 22.8.